The molecule has 0 radical (unpaired) electrons. The monoisotopic (exact) mass is 603 g/mol. The van der Waals surface area contributed by atoms with Crippen LogP contribution < -0.4 is 0 Å². The Balaban J connectivity index is 1.19. The normalized spacial score (nSPS) is 11.5. The molecule has 0 saturated carbocycles. The average Bonchev–Trinajstić information content (AvgIpc) is 3.71. The zero-order chi connectivity index (χ0) is 30.5. The van der Waals surface area contributed by atoms with E-state index in [1.54, 1.807) is 0 Å². The second kappa shape index (κ2) is 11.0. The van der Waals surface area contributed by atoms with E-state index in [1.807, 2.05) is 11.3 Å². The lowest BCUT2D eigenvalue weighted by Crippen LogP contribution is -1.91. The molecule has 1 nitrogen and oxygen atoms in total. The summed E-state index contributed by atoms with van der Waals surface area (Å²) in [6, 6.07) is 61.6. The van der Waals surface area contributed by atoms with Gasteiger partial charge in [0.2, 0.25) is 0 Å². The number of thiophene rings is 1. The van der Waals surface area contributed by atoms with Crippen LogP contribution >= 0.6 is 11.3 Å². The predicted molar refractivity (Wildman–Crippen MR) is 198 cm³/mol. The first kappa shape index (κ1) is 26.7. The van der Waals surface area contributed by atoms with E-state index in [4.69, 9.17) is 0 Å². The molecule has 9 aromatic rings. The Bertz CT molecular complexity index is 2480. The van der Waals surface area contributed by atoms with Crippen LogP contribution in [0.4, 0.5) is 0 Å². The molecule has 0 amide bonds. The van der Waals surface area contributed by atoms with Crippen LogP contribution in [0.5, 0.6) is 0 Å². The Morgan fingerprint density at radius 1 is 0.348 bits per heavy atom. The van der Waals surface area contributed by atoms with Gasteiger partial charge >= 0.3 is 0 Å². The highest BCUT2D eigenvalue weighted by atomic mass is 32.1. The minimum Gasteiger partial charge on any atom is -0.316 e. The molecule has 7 aromatic carbocycles. The molecule has 0 aliphatic rings. The molecule has 2 aromatic heterocycles. The van der Waals surface area contributed by atoms with E-state index in [2.05, 4.69) is 181 Å². The molecule has 0 saturated heterocycles. The summed E-state index contributed by atoms with van der Waals surface area (Å²) in [7, 11) is 0. The van der Waals surface area contributed by atoms with Crippen molar-refractivity contribution in [2.75, 3.05) is 0 Å². The Morgan fingerprint density at radius 3 is 1.54 bits per heavy atom. The Hall–Kier alpha value is -5.70. The Morgan fingerprint density at radius 2 is 0.870 bits per heavy atom. The van der Waals surface area contributed by atoms with Gasteiger partial charge < -0.3 is 4.57 Å². The summed E-state index contributed by atoms with van der Waals surface area (Å²) in [5, 5.41) is 3.87. The summed E-state index contributed by atoms with van der Waals surface area (Å²) in [5.41, 5.74) is 12.2. The van der Waals surface area contributed by atoms with Gasteiger partial charge in [-0.05, 0) is 75.3 Å². The van der Waals surface area contributed by atoms with E-state index >= 15 is 0 Å². The molecule has 0 aliphatic carbocycles. The first-order valence-corrected chi connectivity index (χ1v) is 16.5. The summed E-state index contributed by atoms with van der Waals surface area (Å²) in [4.78, 5) is 0. The fourth-order valence-corrected chi connectivity index (χ4v) is 7.76. The van der Waals surface area contributed by atoms with Gasteiger partial charge in [0.15, 0.2) is 0 Å². The van der Waals surface area contributed by atoms with Crippen molar-refractivity contribution < 1.29 is 0 Å². The standard InChI is InChI=1S/C44H29NS/c1-3-9-30(10-4-1)32-15-17-34(18-16-32)36-23-25-42-39(27-36)41(35-21-19-33(20-22-35)31-11-5-2-6-12-31)29-45(42)37-24-26-44-40(28-37)38-13-7-8-14-43(38)46-44/h1-29H. The third-order valence-corrected chi connectivity index (χ3v) is 10.2. The largest absolute Gasteiger partial charge is 0.316 e. The number of fused-ring (bicyclic) bond motifs is 4. The summed E-state index contributed by atoms with van der Waals surface area (Å²) in [5.74, 6) is 0. The summed E-state index contributed by atoms with van der Waals surface area (Å²) in [6.07, 6.45) is 2.32. The molecule has 2 heterocycles. The van der Waals surface area contributed by atoms with Gasteiger partial charge in [-0.2, -0.15) is 0 Å². The molecule has 0 N–H and O–H groups in total. The lowest BCUT2D eigenvalue weighted by atomic mass is 9.97. The SMILES string of the molecule is c1ccc(-c2ccc(-c3ccc4c(c3)c(-c3ccc(-c5ccccc5)cc3)cn4-c3ccc4sc5ccccc5c4c3)cc2)cc1. The van der Waals surface area contributed by atoms with E-state index in [0.29, 0.717) is 0 Å². The topological polar surface area (TPSA) is 4.93 Å². The second-order valence-electron chi connectivity index (χ2n) is 11.8. The lowest BCUT2D eigenvalue weighted by Gasteiger charge is -2.08. The van der Waals surface area contributed by atoms with Gasteiger partial charge in [-0.1, -0.05) is 133 Å². The van der Waals surface area contributed by atoms with Crippen LogP contribution in [0.25, 0.3) is 81.3 Å². The first-order valence-electron chi connectivity index (χ1n) is 15.7. The van der Waals surface area contributed by atoms with E-state index in [9.17, 15) is 0 Å². The van der Waals surface area contributed by atoms with Crippen LogP contribution in [0.1, 0.15) is 0 Å². The zero-order valence-electron chi connectivity index (χ0n) is 25.1. The highest BCUT2D eigenvalue weighted by Crippen LogP contribution is 2.39. The summed E-state index contributed by atoms with van der Waals surface area (Å²) in [6.45, 7) is 0. The maximum atomic E-state index is 2.37. The van der Waals surface area contributed by atoms with Crippen molar-refractivity contribution in [2.24, 2.45) is 0 Å². The molecular weight excluding hydrogens is 575 g/mol. The maximum Gasteiger partial charge on any atom is 0.0535 e. The van der Waals surface area contributed by atoms with E-state index < -0.39 is 0 Å². The number of benzene rings is 7. The van der Waals surface area contributed by atoms with Crippen molar-refractivity contribution >= 4 is 42.4 Å². The van der Waals surface area contributed by atoms with Crippen LogP contribution in [-0.4, -0.2) is 4.57 Å². The second-order valence-corrected chi connectivity index (χ2v) is 12.9. The van der Waals surface area contributed by atoms with Crippen LogP contribution in [-0.2, 0) is 0 Å². The number of aromatic nitrogens is 1. The molecule has 0 aliphatic heterocycles. The first-order chi connectivity index (χ1) is 22.8. The fraction of sp³-hybridized carbons (Fsp3) is 0. The summed E-state index contributed by atoms with van der Waals surface area (Å²) >= 11 is 1.86. The van der Waals surface area contributed by atoms with Gasteiger partial charge in [0.25, 0.3) is 0 Å². The molecule has 0 unspecified atom stereocenters. The third kappa shape index (κ3) is 4.63. The average molecular weight is 604 g/mol. The van der Waals surface area contributed by atoms with Crippen molar-refractivity contribution in [3.63, 3.8) is 0 Å². The van der Waals surface area contributed by atoms with Gasteiger partial charge in [0.1, 0.15) is 0 Å². The number of nitrogens with zero attached hydrogens (tertiary/aromatic N) is 1. The van der Waals surface area contributed by atoms with Crippen molar-refractivity contribution in [3.05, 3.63) is 176 Å². The highest BCUT2D eigenvalue weighted by molar-refractivity contribution is 7.25. The van der Waals surface area contributed by atoms with Gasteiger partial charge in [0, 0.05) is 43.0 Å². The van der Waals surface area contributed by atoms with E-state index in [1.165, 1.54) is 81.3 Å². The molecule has 2 heteroatoms. The molecule has 0 fully saturated rings. The lowest BCUT2D eigenvalue weighted by molar-refractivity contribution is 1.13. The number of hydrogen-bond donors (Lipinski definition) is 0. The summed E-state index contributed by atoms with van der Waals surface area (Å²) < 4.78 is 5.01. The molecule has 0 atom stereocenters. The van der Waals surface area contributed by atoms with Crippen molar-refractivity contribution in [3.8, 4) is 50.2 Å². The van der Waals surface area contributed by atoms with Gasteiger partial charge in [-0.25, -0.2) is 0 Å². The molecule has 46 heavy (non-hydrogen) atoms. The van der Waals surface area contributed by atoms with E-state index in [-0.39, 0.29) is 0 Å². The zero-order valence-corrected chi connectivity index (χ0v) is 25.9. The van der Waals surface area contributed by atoms with Crippen molar-refractivity contribution in [2.45, 2.75) is 0 Å². The smallest absolute Gasteiger partial charge is 0.0535 e. The van der Waals surface area contributed by atoms with Gasteiger partial charge in [-0.15, -0.1) is 11.3 Å². The minimum absolute atomic E-state index is 1.17. The van der Waals surface area contributed by atoms with E-state index in [0.717, 1.165) is 0 Å². The number of rotatable bonds is 5. The fourth-order valence-electron chi connectivity index (χ4n) is 6.68. The third-order valence-electron chi connectivity index (χ3n) is 9.07. The molecule has 0 bridgehead atoms. The minimum atomic E-state index is 1.17. The van der Waals surface area contributed by atoms with Gasteiger partial charge in [0.05, 0.1) is 5.52 Å². The van der Waals surface area contributed by atoms with Crippen LogP contribution in [0.2, 0.25) is 0 Å². The molecular formula is C44H29NS. The molecule has 216 valence electrons. The van der Waals surface area contributed by atoms with Crippen molar-refractivity contribution in [1.29, 1.82) is 0 Å². The highest BCUT2D eigenvalue weighted by Gasteiger charge is 2.15. The molecule has 0 spiro atoms. The van der Waals surface area contributed by atoms with Crippen molar-refractivity contribution in [1.82, 2.24) is 4.57 Å². The van der Waals surface area contributed by atoms with Crippen LogP contribution in [0.3, 0.4) is 0 Å². The van der Waals surface area contributed by atoms with Crippen LogP contribution in [0, 0.1) is 0 Å². The van der Waals surface area contributed by atoms with Crippen LogP contribution in [0.15, 0.2) is 176 Å². The maximum absolute atomic E-state index is 2.37. The Kier molecular flexibility index (Phi) is 6.40. The quantitative estimate of drug-likeness (QED) is 0.184. The molecule has 9 rings (SSSR count). The number of hydrogen-bond acceptors (Lipinski definition) is 1. The predicted octanol–water partition coefficient (Wildman–Crippen LogP) is 12.7. The Labute approximate surface area is 272 Å². The van der Waals surface area contributed by atoms with Gasteiger partial charge in [-0.3, -0.25) is 0 Å².